The van der Waals surface area contributed by atoms with Crippen molar-refractivity contribution in [2.24, 2.45) is 0 Å². The second-order valence-electron chi connectivity index (χ2n) is 4.83. The minimum atomic E-state index is -0.150. The lowest BCUT2D eigenvalue weighted by atomic mass is 10.1. The molecule has 5 nitrogen and oxygen atoms in total. The summed E-state index contributed by atoms with van der Waals surface area (Å²) >= 11 is 0. The Morgan fingerprint density at radius 3 is 2.76 bits per heavy atom. The van der Waals surface area contributed by atoms with E-state index in [9.17, 15) is 15.0 Å². The van der Waals surface area contributed by atoms with Gasteiger partial charge in [0.05, 0.1) is 13.2 Å². The first-order valence-electron chi connectivity index (χ1n) is 7.05. The fourth-order valence-electron chi connectivity index (χ4n) is 1.64. The van der Waals surface area contributed by atoms with Crippen molar-refractivity contribution in [3.05, 3.63) is 35.9 Å². The molecule has 0 atom stereocenters. The van der Waals surface area contributed by atoms with E-state index in [4.69, 9.17) is 4.74 Å². The van der Waals surface area contributed by atoms with E-state index in [1.54, 1.807) is 6.07 Å². The molecule has 0 saturated heterocycles. The normalized spacial score (nSPS) is 10.3. The van der Waals surface area contributed by atoms with Gasteiger partial charge >= 0.3 is 0 Å². The Balaban J connectivity index is 2.15. The van der Waals surface area contributed by atoms with Crippen LogP contribution in [0.4, 0.5) is 0 Å². The molecule has 0 aliphatic rings. The summed E-state index contributed by atoms with van der Waals surface area (Å²) in [4.78, 5) is 11.6. The van der Waals surface area contributed by atoms with Gasteiger partial charge in [-0.05, 0) is 30.5 Å². The zero-order valence-corrected chi connectivity index (χ0v) is 12.4. The van der Waals surface area contributed by atoms with Crippen molar-refractivity contribution in [1.29, 1.82) is 0 Å². The average molecular weight is 293 g/mol. The van der Waals surface area contributed by atoms with E-state index in [2.05, 4.69) is 11.9 Å². The van der Waals surface area contributed by atoms with Crippen molar-refractivity contribution in [3.63, 3.8) is 0 Å². The summed E-state index contributed by atoms with van der Waals surface area (Å²) in [6.45, 7) is 7.19. The van der Waals surface area contributed by atoms with Crippen LogP contribution in [-0.4, -0.2) is 35.9 Å². The van der Waals surface area contributed by atoms with Crippen LogP contribution in [0.1, 0.15) is 25.3 Å². The van der Waals surface area contributed by atoms with E-state index in [-0.39, 0.29) is 17.4 Å². The largest absolute Gasteiger partial charge is 0.504 e. The molecule has 0 aliphatic heterocycles. The van der Waals surface area contributed by atoms with Gasteiger partial charge in [0.1, 0.15) is 0 Å². The van der Waals surface area contributed by atoms with E-state index in [0.717, 1.165) is 17.6 Å². The highest BCUT2D eigenvalue weighted by atomic mass is 16.5. The van der Waals surface area contributed by atoms with Crippen LogP contribution in [0, 0.1) is 0 Å². The van der Waals surface area contributed by atoms with Gasteiger partial charge in [0, 0.05) is 13.0 Å². The number of amides is 1. The number of carbonyl (C=O) groups excluding carboxylic acids is 1. The van der Waals surface area contributed by atoms with Gasteiger partial charge in [-0.1, -0.05) is 25.1 Å². The maximum Gasteiger partial charge on any atom is 0.222 e. The molecule has 0 unspecified atom stereocenters. The summed E-state index contributed by atoms with van der Waals surface area (Å²) in [5.74, 6) is -0.364. The third kappa shape index (κ3) is 6.81. The Morgan fingerprint density at radius 2 is 2.10 bits per heavy atom. The van der Waals surface area contributed by atoms with Crippen molar-refractivity contribution >= 4 is 5.91 Å². The van der Waals surface area contributed by atoms with E-state index in [1.165, 1.54) is 12.1 Å². The fraction of sp³-hybridized carbons (Fsp3) is 0.438. The van der Waals surface area contributed by atoms with E-state index >= 15 is 0 Å². The number of nitrogens with one attached hydrogen (secondary N) is 1. The SMILES string of the molecule is C=C(CC)COCCC(=O)NCCc1ccc(O)c(O)c1. The number of hydrogen-bond donors (Lipinski definition) is 3. The van der Waals surface area contributed by atoms with Gasteiger partial charge in [-0.3, -0.25) is 4.79 Å². The molecule has 0 aliphatic carbocycles. The number of hydrogen-bond acceptors (Lipinski definition) is 4. The zero-order chi connectivity index (χ0) is 15.7. The highest BCUT2D eigenvalue weighted by Crippen LogP contribution is 2.24. The third-order valence-electron chi connectivity index (χ3n) is 3.06. The van der Waals surface area contributed by atoms with Gasteiger partial charge in [-0.15, -0.1) is 0 Å². The predicted molar refractivity (Wildman–Crippen MR) is 81.4 cm³/mol. The van der Waals surface area contributed by atoms with E-state index < -0.39 is 0 Å². The molecule has 0 spiro atoms. The topological polar surface area (TPSA) is 78.8 Å². The van der Waals surface area contributed by atoms with Crippen LogP contribution in [0.3, 0.4) is 0 Å². The molecule has 21 heavy (non-hydrogen) atoms. The first-order chi connectivity index (χ1) is 10.0. The standard InChI is InChI=1S/C16H23NO4/c1-3-12(2)11-21-9-7-16(20)17-8-6-13-4-5-14(18)15(19)10-13/h4-5,10,18-19H,2-3,6-9,11H2,1H3,(H,17,20). The summed E-state index contributed by atoms with van der Waals surface area (Å²) in [7, 11) is 0. The number of aromatic hydroxyl groups is 2. The monoisotopic (exact) mass is 293 g/mol. The van der Waals surface area contributed by atoms with Gasteiger partial charge in [-0.2, -0.15) is 0 Å². The summed E-state index contributed by atoms with van der Waals surface area (Å²) in [5.41, 5.74) is 1.86. The Kier molecular flexibility index (Phi) is 7.32. The Bertz CT molecular complexity index is 485. The predicted octanol–water partition coefficient (Wildman–Crippen LogP) is 2.13. The molecule has 5 heteroatoms. The molecule has 3 N–H and O–H groups in total. The second-order valence-corrected chi connectivity index (χ2v) is 4.83. The lowest BCUT2D eigenvalue weighted by Crippen LogP contribution is -2.26. The minimum Gasteiger partial charge on any atom is -0.504 e. The number of phenolic OH excluding ortho intramolecular Hbond substituents is 2. The average Bonchev–Trinajstić information content (AvgIpc) is 2.47. The van der Waals surface area contributed by atoms with Gasteiger partial charge < -0.3 is 20.3 Å². The molecule has 1 aromatic carbocycles. The van der Waals surface area contributed by atoms with Crippen LogP contribution in [0.2, 0.25) is 0 Å². The van der Waals surface area contributed by atoms with Crippen LogP contribution in [0.25, 0.3) is 0 Å². The Labute approximate surface area is 125 Å². The summed E-state index contributed by atoms with van der Waals surface area (Å²) in [6.07, 6.45) is 1.79. The first-order valence-corrected chi connectivity index (χ1v) is 7.05. The molecule has 0 radical (unpaired) electrons. The molecule has 116 valence electrons. The number of benzene rings is 1. The molecular weight excluding hydrogens is 270 g/mol. The van der Waals surface area contributed by atoms with Gasteiger partial charge in [0.2, 0.25) is 5.91 Å². The molecule has 0 bridgehead atoms. The van der Waals surface area contributed by atoms with Crippen LogP contribution >= 0.6 is 0 Å². The highest BCUT2D eigenvalue weighted by Gasteiger charge is 2.03. The van der Waals surface area contributed by atoms with Crippen molar-refractivity contribution in [2.75, 3.05) is 19.8 Å². The van der Waals surface area contributed by atoms with Crippen molar-refractivity contribution in [1.82, 2.24) is 5.32 Å². The third-order valence-corrected chi connectivity index (χ3v) is 3.06. The molecule has 1 amide bonds. The van der Waals surface area contributed by atoms with Gasteiger partial charge in [0.25, 0.3) is 0 Å². The molecule has 0 heterocycles. The van der Waals surface area contributed by atoms with Crippen LogP contribution in [0.5, 0.6) is 11.5 Å². The lowest BCUT2D eigenvalue weighted by molar-refractivity contribution is -0.122. The summed E-state index contributed by atoms with van der Waals surface area (Å²) < 4.78 is 5.33. The van der Waals surface area contributed by atoms with Crippen molar-refractivity contribution < 1.29 is 19.7 Å². The smallest absolute Gasteiger partial charge is 0.222 e. The van der Waals surface area contributed by atoms with Crippen LogP contribution in [-0.2, 0) is 16.0 Å². The maximum absolute atomic E-state index is 11.6. The molecule has 1 aromatic rings. The molecule has 0 fully saturated rings. The van der Waals surface area contributed by atoms with Gasteiger partial charge in [-0.25, -0.2) is 0 Å². The first kappa shape index (κ1) is 17.0. The second kappa shape index (κ2) is 9.02. The number of ether oxygens (including phenoxy) is 1. The Morgan fingerprint density at radius 1 is 1.33 bits per heavy atom. The summed E-state index contributed by atoms with van der Waals surface area (Å²) in [6, 6.07) is 4.63. The lowest BCUT2D eigenvalue weighted by Gasteiger charge is -2.07. The maximum atomic E-state index is 11.6. The zero-order valence-electron chi connectivity index (χ0n) is 12.4. The molecular formula is C16H23NO4. The highest BCUT2D eigenvalue weighted by molar-refractivity contribution is 5.75. The quantitative estimate of drug-likeness (QED) is 0.370. The summed E-state index contributed by atoms with van der Waals surface area (Å²) in [5, 5.41) is 21.3. The molecule has 1 rings (SSSR count). The Hall–Kier alpha value is -2.01. The van der Waals surface area contributed by atoms with Crippen molar-refractivity contribution in [2.45, 2.75) is 26.2 Å². The molecule has 0 aromatic heterocycles. The molecule has 0 saturated carbocycles. The number of carbonyl (C=O) groups is 1. The minimum absolute atomic E-state index is 0.0693. The number of phenols is 2. The fourth-order valence-corrected chi connectivity index (χ4v) is 1.64. The number of rotatable bonds is 9. The van der Waals surface area contributed by atoms with Crippen LogP contribution in [0.15, 0.2) is 30.4 Å². The van der Waals surface area contributed by atoms with Crippen LogP contribution < -0.4 is 5.32 Å². The van der Waals surface area contributed by atoms with Crippen molar-refractivity contribution in [3.8, 4) is 11.5 Å². The van der Waals surface area contributed by atoms with E-state index in [1.807, 2.05) is 6.92 Å². The van der Waals surface area contributed by atoms with Gasteiger partial charge in [0.15, 0.2) is 11.5 Å². The van der Waals surface area contributed by atoms with E-state index in [0.29, 0.717) is 32.6 Å².